The molecule has 2 rings (SSSR count). The highest BCUT2D eigenvalue weighted by Crippen LogP contribution is 2.47. The zero-order chi connectivity index (χ0) is 33.2. The number of methoxy groups -OCH3 is 1. The van der Waals surface area contributed by atoms with Crippen LogP contribution in [-0.4, -0.2) is 119 Å². The number of nitrogens with one attached hydrogen (secondary N) is 1. The number of nitrogens with zero attached hydrogens (tertiary/aromatic N) is 3. The Morgan fingerprint density at radius 2 is 1.70 bits per heavy atom. The highest BCUT2D eigenvalue weighted by Gasteiger charge is 2.53. The van der Waals surface area contributed by atoms with Gasteiger partial charge in [0.15, 0.2) is 6.23 Å². The Bertz CT molecular complexity index is 1220. The van der Waals surface area contributed by atoms with Gasteiger partial charge in [0, 0.05) is 6.92 Å². The molecule has 44 heavy (non-hydrogen) atoms. The number of aliphatic hydroxyl groups is 2. The number of aromatic nitrogens is 3. The van der Waals surface area contributed by atoms with E-state index in [1.54, 1.807) is 0 Å². The van der Waals surface area contributed by atoms with Crippen molar-refractivity contribution in [3.05, 3.63) is 12.2 Å². The summed E-state index contributed by atoms with van der Waals surface area (Å²) in [6, 6.07) is -1.35. The van der Waals surface area contributed by atoms with E-state index in [0.29, 0.717) is 0 Å². The van der Waals surface area contributed by atoms with Gasteiger partial charge < -0.3 is 39.6 Å². The molecule has 0 radical (unpaired) electrons. The summed E-state index contributed by atoms with van der Waals surface area (Å²) in [5.41, 5.74) is 2.64. The summed E-state index contributed by atoms with van der Waals surface area (Å²) in [5, 5.41) is 27.1. The maximum absolute atomic E-state index is 13.9. The third kappa shape index (κ3) is 9.00. The molecule has 6 atom stereocenters. The minimum absolute atomic E-state index is 0.209. The molecule has 4 unspecified atom stereocenters. The van der Waals surface area contributed by atoms with E-state index in [1.165, 1.54) is 20.8 Å². The fraction of sp³-hybridized carbons (Fsp3) is 0.696. The smallest absolute Gasteiger partial charge is 0.406 e. The zero-order valence-electron chi connectivity index (χ0n) is 24.6. The van der Waals surface area contributed by atoms with Crippen LogP contribution in [0.2, 0.25) is 0 Å². The molecule has 0 bridgehead atoms. The first-order valence-corrected chi connectivity index (χ1v) is 14.6. The molecule has 1 saturated heterocycles. The van der Waals surface area contributed by atoms with E-state index in [2.05, 4.69) is 19.9 Å². The predicted octanol–water partition coefficient (Wildman–Crippen LogP) is -2.04. The van der Waals surface area contributed by atoms with E-state index in [9.17, 15) is 38.8 Å². The molecule has 1 aliphatic rings. The lowest BCUT2D eigenvalue weighted by Gasteiger charge is -2.30. The second-order valence-electron chi connectivity index (χ2n) is 9.20. The summed E-state index contributed by atoms with van der Waals surface area (Å²) in [7, 11) is -3.73. The van der Waals surface area contributed by atoms with E-state index in [1.807, 2.05) is 0 Å². The third-order valence-electron chi connectivity index (χ3n) is 5.98. The first-order valence-electron chi connectivity index (χ1n) is 13.1. The average Bonchev–Trinajstić information content (AvgIpc) is 3.57. The summed E-state index contributed by atoms with van der Waals surface area (Å²) in [6.45, 7) is 1.89. The molecule has 0 saturated carbocycles. The number of hydrogen-bond donors (Lipinski definition) is 4. The van der Waals surface area contributed by atoms with Gasteiger partial charge in [0.2, 0.25) is 11.2 Å². The van der Waals surface area contributed by atoms with Crippen molar-refractivity contribution < 1.29 is 71.5 Å². The van der Waals surface area contributed by atoms with Crippen LogP contribution < -0.4 is 10.8 Å². The Morgan fingerprint density at radius 1 is 1.09 bits per heavy atom. The van der Waals surface area contributed by atoms with Crippen molar-refractivity contribution in [3.63, 3.8) is 0 Å². The second kappa shape index (κ2) is 16.0. The van der Waals surface area contributed by atoms with Crippen LogP contribution in [0.1, 0.15) is 44.5 Å². The van der Waals surface area contributed by atoms with Gasteiger partial charge in [-0.1, -0.05) is 0 Å². The molecule has 1 amide bonds. The van der Waals surface area contributed by atoms with Gasteiger partial charge in [-0.15, -0.1) is 5.10 Å². The number of hydrogen-bond acceptors (Lipinski definition) is 17. The van der Waals surface area contributed by atoms with E-state index in [0.717, 1.165) is 25.0 Å². The fourth-order valence-electron chi connectivity index (χ4n) is 3.66. The number of primary amides is 1. The molecule has 0 spiro atoms. The lowest BCUT2D eigenvalue weighted by Crippen LogP contribution is -2.50. The van der Waals surface area contributed by atoms with Crippen molar-refractivity contribution in [2.75, 3.05) is 40.1 Å². The van der Waals surface area contributed by atoms with E-state index >= 15 is 0 Å². The van der Waals surface area contributed by atoms with Gasteiger partial charge in [-0.2, -0.15) is 0 Å². The van der Waals surface area contributed by atoms with Crippen molar-refractivity contribution in [1.29, 1.82) is 0 Å². The molecule has 248 valence electrons. The van der Waals surface area contributed by atoms with Crippen molar-refractivity contribution in [2.45, 2.75) is 58.3 Å². The van der Waals surface area contributed by atoms with Gasteiger partial charge >= 0.3 is 31.6 Å². The summed E-state index contributed by atoms with van der Waals surface area (Å²) in [6.07, 6.45) is -5.09. The van der Waals surface area contributed by atoms with Gasteiger partial charge in [0.05, 0.1) is 33.5 Å². The van der Waals surface area contributed by atoms with Gasteiger partial charge in [0.1, 0.15) is 37.3 Å². The number of rotatable bonds is 17. The van der Waals surface area contributed by atoms with E-state index in [-0.39, 0.29) is 13.2 Å². The standard InChI is InChI=1S/C23H36N5O15P/c1-6-38-21(34)23(9-40-13(4)29,22(35)39-7-2)10-42-44(36,27-12(3)20(33)37-5)41-8-14-15(30)16(31)19(43-14)28-11-25-18(26-28)17(24)32/h11-12,14-16,19,30-31H,6-10H2,1-5H3,(H2,24,32)(H,27,36)/t12?,14-,15?,16?,19-,44?/m1/s1. The van der Waals surface area contributed by atoms with Crippen molar-refractivity contribution >= 4 is 37.5 Å². The topological polar surface area (TPSA) is 276 Å². The molecule has 5 N–H and O–H groups in total. The van der Waals surface area contributed by atoms with Crippen LogP contribution in [0.15, 0.2) is 6.33 Å². The average molecular weight is 654 g/mol. The number of nitrogens with two attached hydrogens (primary N) is 1. The quantitative estimate of drug-likeness (QED) is 0.0610. The Labute approximate surface area is 251 Å². The number of aliphatic hydroxyl groups excluding tert-OH is 2. The fourth-order valence-corrected chi connectivity index (χ4v) is 5.20. The first kappa shape index (κ1) is 36.7. The largest absolute Gasteiger partial charge is 0.468 e. The second-order valence-corrected chi connectivity index (χ2v) is 11.0. The first-order chi connectivity index (χ1) is 20.6. The van der Waals surface area contributed by atoms with Gasteiger partial charge in [-0.3, -0.25) is 33.0 Å². The van der Waals surface area contributed by atoms with Crippen LogP contribution in [0.25, 0.3) is 0 Å². The van der Waals surface area contributed by atoms with E-state index in [4.69, 9.17) is 33.7 Å². The molecular formula is C23H36N5O15P. The summed E-state index contributed by atoms with van der Waals surface area (Å²) in [5.74, 6) is -5.63. The number of ether oxygens (including phenoxy) is 5. The van der Waals surface area contributed by atoms with Crippen molar-refractivity contribution in [3.8, 4) is 0 Å². The SMILES string of the molecule is CCOC(=O)C(COC(C)=O)(COP(=O)(NC(C)C(=O)OC)OC[C@H]1O[C@@H](n2cnc(C(N)=O)n2)C(O)C1O)C(=O)OCC. The van der Waals surface area contributed by atoms with Crippen LogP contribution in [0.3, 0.4) is 0 Å². The third-order valence-corrected chi connectivity index (χ3v) is 7.64. The number of carbonyl (C=O) groups is 5. The van der Waals surface area contributed by atoms with Crippen LogP contribution in [-0.2, 0) is 56.5 Å². The highest BCUT2D eigenvalue weighted by molar-refractivity contribution is 7.51. The van der Waals surface area contributed by atoms with E-state index < -0.39 is 99.2 Å². The van der Waals surface area contributed by atoms with Crippen LogP contribution >= 0.6 is 7.75 Å². The molecule has 20 nitrogen and oxygen atoms in total. The molecule has 1 fully saturated rings. The lowest BCUT2D eigenvalue weighted by atomic mass is 9.90. The summed E-state index contributed by atoms with van der Waals surface area (Å²) < 4.78 is 50.7. The lowest BCUT2D eigenvalue weighted by molar-refractivity contribution is -0.181. The Balaban J connectivity index is 2.36. The molecule has 2 heterocycles. The van der Waals surface area contributed by atoms with Crippen LogP contribution in [0.4, 0.5) is 0 Å². The number of amides is 1. The van der Waals surface area contributed by atoms with Gasteiger partial charge in [-0.25, -0.2) is 19.3 Å². The molecule has 1 aromatic heterocycles. The van der Waals surface area contributed by atoms with Gasteiger partial charge in [0.25, 0.3) is 5.91 Å². The van der Waals surface area contributed by atoms with Crippen molar-refractivity contribution in [2.24, 2.45) is 11.1 Å². The minimum Gasteiger partial charge on any atom is -0.468 e. The summed E-state index contributed by atoms with van der Waals surface area (Å²) >= 11 is 0. The Morgan fingerprint density at radius 3 is 2.20 bits per heavy atom. The van der Waals surface area contributed by atoms with Crippen LogP contribution in [0.5, 0.6) is 0 Å². The van der Waals surface area contributed by atoms with Gasteiger partial charge in [-0.05, 0) is 20.8 Å². The molecule has 1 aliphatic heterocycles. The highest BCUT2D eigenvalue weighted by atomic mass is 31.2. The number of carbonyl (C=O) groups excluding carboxylic acids is 5. The monoisotopic (exact) mass is 653 g/mol. The number of esters is 4. The Hall–Kier alpha value is -3.52. The maximum Gasteiger partial charge on any atom is 0.406 e. The zero-order valence-corrected chi connectivity index (χ0v) is 25.5. The maximum atomic E-state index is 13.9. The van der Waals surface area contributed by atoms with Crippen molar-refractivity contribution in [1.82, 2.24) is 19.9 Å². The van der Waals surface area contributed by atoms with Crippen LogP contribution in [0, 0.1) is 5.41 Å². The molecule has 0 aliphatic carbocycles. The molecular weight excluding hydrogens is 617 g/mol. The molecule has 1 aromatic rings. The summed E-state index contributed by atoms with van der Waals surface area (Å²) in [4.78, 5) is 64.7. The Kier molecular flexibility index (Phi) is 13.3. The molecule has 21 heteroatoms. The minimum atomic E-state index is -4.78. The normalized spacial score (nSPS) is 22.0. The predicted molar refractivity (Wildman–Crippen MR) is 141 cm³/mol. The molecule has 0 aromatic carbocycles.